The first-order valence-electron chi connectivity index (χ1n) is 11.6. The number of amides is 2. The van der Waals surface area contributed by atoms with Gasteiger partial charge in [0.2, 0.25) is 11.8 Å². The van der Waals surface area contributed by atoms with E-state index >= 15 is 0 Å². The van der Waals surface area contributed by atoms with Crippen LogP contribution in [0.1, 0.15) is 33.1 Å². The average molecular weight is 498 g/mol. The number of carbonyl (C=O) groups excluding carboxylic acids is 3. The van der Waals surface area contributed by atoms with E-state index < -0.39 is 52.3 Å². The van der Waals surface area contributed by atoms with Crippen LogP contribution in [0.3, 0.4) is 0 Å². The van der Waals surface area contributed by atoms with Gasteiger partial charge in [0.25, 0.3) is 5.69 Å². The van der Waals surface area contributed by atoms with Gasteiger partial charge < -0.3 is 0 Å². The predicted octanol–water partition coefficient (Wildman–Crippen LogP) is 3.80. The summed E-state index contributed by atoms with van der Waals surface area (Å²) in [4.78, 5) is 53.4. The van der Waals surface area contributed by atoms with Crippen LogP contribution < -0.4 is 4.90 Å². The van der Waals surface area contributed by atoms with E-state index in [9.17, 15) is 28.9 Å². The molecule has 0 radical (unpaired) electrons. The van der Waals surface area contributed by atoms with E-state index in [4.69, 9.17) is 0 Å². The SMILES string of the molecule is Cc1ccc([N+](=O)[O-])cc1N1C(=O)[C@@H]2[C@H](C1=O)[C@H]1c3ccccc3C=NN1[C@H]2C(=O)c1ccc(F)cc1. The maximum atomic E-state index is 13.9. The fourth-order valence-corrected chi connectivity index (χ4v) is 5.64. The van der Waals surface area contributed by atoms with Gasteiger partial charge in [0.1, 0.15) is 11.9 Å². The first kappa shape index (κ1) is 22.7. The summed E-state index contributed by atoms with van der Waals surface area (Å²) in [6.45, 7) is 1.65. The average Bonchev–Trinajstić information content (AvgIpc) is 3.37. The molecule has 2 saturated heterocycles. The van der Waals surface area contributed by atoms with Gasteiger partial charge in [0, 0.05) is 17.7 Å². The monoisotopic (exact) mass is 498 g/mol. The lowest BCUT2D eigenvalue weighted by Crippen LogP contribution is -2.44. The van der Waals surface area contributed by atoms with Crippen molar-refractivity contribution in [1.82, 2.24) is 5.01 Å². The molecule has 4 atom stereocenters. The number of nitro groups is 1. The molecule has 0 spiro atoms. The number of anilines is 1. The standard InChI is InChI=1S/C27H19FN4O5/c1-14-6-11-18(32(36)37)12-20(14)30-26(34)21-22(27(30)35)24(25(33)15-7-9-17(28)10-8-15)31-23(21)19-5-3-2-4-16(19)13-29-31/h2-13,21-24H,1H3/t21-,22+,23+,24+/m0/s1. The Kier molecular flexibility index (Phi) is 5.01. The number of non-ortho nitro benzene ring substituents is 1. The number of halogens is 1. The molecule has 2 fully saturated rings. The molecule has 0 saturated carbocycles. The zero-order valence-electron chi connectivity index (χ0n) is 19.4. The second kappa shape index (κ2) is 8.16. The highest BCUT2D eigenvalue weighted by molar-refractivity contribution is 6.25. The zero-order valence-corrected chi connectivity index (χ0v) is 19.4. The van der Waals surface area contributed by atoms with Crippen LogP contribution in [0, 0.1) is 34.7 Å². The molecular formula is C27H19FN4O5. The maximum absolute atomic E-state index is 13.9. The molecule has 0 aliphatic carbocycles. The zero-order chi connectivity index (χ0) is 26.0. The molecule has 10 heteroatoms. The van der Waals surface area contributed by atoms with Crippen molar-refractivity contribution in [3.8, 4) is 0 Å². The number of fused-ring (bicyclic) bond motifs is 5. The third-order valence-electron chi connectivity index (χ3n) is 7.33. The highest BCUT2D eigenvalue weighted by Gasteiger charge is 2.65. The van der Waals surface area contributed by atoms with Crippen LogP contribution in [0.2, 0.25) is 0 Å². The third-order valence-corrected chi connectivity index (χ3v) is 7.33. The molecule has 6 rings (SSSR count). The van der Waals surface area contributed by atoms with E-state index in [1.54, 1.807) is 13.1 Å². The Morgan fingerprint density at radius 1 is 1.00 bits per heavy atom. The summed E-state index contributed by atoms with van der Waals surface area (Å²) in [7, 11) is 0. The molecule has 0 aromatic heterocycles. The number of rotatable bonds is 4. The highest BCUT2D eigenvalue weighted by Crippen LogP contribution is 2.53. The Morgan fingerprint density at radius 3 is 2.43 bits per heavy atom. The lowest BCUT2D eigenvalue weighted by Gasteiger charge is -2.34. The van der Waals surface area contributed by atoms with Crippen LogP contribution >= 0.6 is 0 Å². The second-order valence-corrected chi connectivity index (χ2v) is 9.31. The topological polar surface area (TPSA) is 113 Å². The van der Waals surface area contributed by atoms with Crippen LogP contribution in [0.4, 0.5) is 15.8 Å². The number of benzene rings is 3. The molecule has 3 aromatic rings. The third kappa shape index (κ3) is 3.29. The number of Topliss-reactive ketones (excluding diaryl/α,β-unsaturated/α-hetero) is 1. The fourth-order valence-electron chi connectivity index (χ4n) is 5.64. The summed E-state index contributed by atoms with van der Waals surface area (Å²) < 4.78 is 13.6. The Hall–Kier alpha value is -4.73. The molecule has 184 valence electrons. The van der Waals surface area contributed by atoms with Gasteiger partial charge in [-0.2, -0.15) is 5.10 Å². The van der Waals surface area contributed by atoms with Crippen LogP contribution in [0.5, 0.6) is 0 Å². The van der Waals surface area contributed by atoms with E-state index in [1.807, 2.05) is 24.3 Å². The molecule has 3 aromatic carbocycles. The summed E-state index contributed by atoms with van der Waals surface area (Å²) in [6, 6.07) is 14.5. The summed E-state index contributed by atoms with van der Waals surface area (Å²) in [5.74, 6) is -4.18. The Bertz CT molecular complexity index is 1540. The molecule has 0 unspecified atom stereocenters. The molecule has 2 amide bonds. The van der Waals surface area contributed by atoms with E-state index in [1.165, 1.54) is 35.3 Å². The highest BCUT2D eigenvalue weighted by atomic mass is 19.1. The fraction of sp³-hybridized carbons (Fsp3) is 0.185. The maximum Gasteiger partial charge on any atom is 0.271 e. The second-order valence-electron chi connectivity index (χ2n) is 9.31. The van der Waals surface area contributed by atoms with Crippen molar-refractivity contribution in [2.75, 3.05) is 4.90 Å². The van der Waals surface area contributed by atoms with Crippen molar-refractivity contribution >= 4 is 35.2 Å². The first-order valence-corrected chi connectivity index (χ1v) is 11.6. The lowest BCUT2D eigenvalue weighted by molar-refractivity contribution is -0.384. The Labute approximate surface area is 210 Å². The largest absolute Gasteiger partial charge is 0.292 e. The number of ketones is 1. The molecule has 3 heterocycles. The van der Waals surface area contributed by atoms with E-state index in [0.29, 0.717) is 5.56 Å². The van der Waals surface area contributed by atoms with Crippen molar-refractivity contribution in [3.05, 3.63) is 105 Å². The summed E-state index contributed by atoms with van der Waals surface area (Å²) in [5.41, 5.74) is 2.07. The van der Waals surface area contributed by atoms with Gasteiger partial charge in [-0.1, -0.05) is 30.3 Å². The molecule has 0 bridgehead atoms. The number of aryl methyl sites for hydroxylation is 1. The van der Waals surface area contributed by atoms with Gasteiger partial charge in [-0.3, -0.25) is 29.5 Å². The minimum absolute atomic E-state index is 0.116. The summed E-state index contributed by atoms with van der Waals surface area (Å²) in [5, 5.41) is 17.4. The van der Waals surface area contributed by atoms with Crippen LogP contribution in [0.15, 0.2) is 71.8 Å². The Morgan fingerprint density at radius 2 is 1.70 bits per heavy atom. The summed E-state index contributed by atoms with van der Waals surface area (Å²) >= 11 is 0. The normalized spacial score (nSPS) is 23.6. The minimum atomic E-state index is -1.12. The number of carbonyl (C=O) groups is 3. The van der Waals surface area contributed by atoms with Crippen LogP contribution in [-0.2, 0) is 9.59 Å². The molecule has 3 aliphatic rings. The van der Waals surface area contributed by atoms with Crippen LogP contribution in [0.25, 0.3) is 0 Å². The molecule has 0 N–H and O–H groups in total. The van der Waals surface area contributed by atoms with Gasteiger partial charge in [0.15, 0.2) is 5.78 Å². The van der Waals surface area contributed by atoms with E-state index in [-0.39, 0.29) is 16.9 Å². The van der Waals surface area contributed by atoms with Gasteiger partial charge in [-0.05, 0) is 47.9 Å². The van der Waals surface area contributed by atoms with E-state index in [0.717, 1.165) is 28.2 Å². The number of hydrogen-bond donors (Lipinski definition) is 0. The van der Waals surface area contributed by atoms with Crippen molar-refractivity contribution in [2.24, 2.45) is 16.9 Å². The first-order chi connectivity index (χ1) is 17.8. The smallest absolute Gasteiger partial charge is 0.271 e. The summed E-state index contributed by atoms with van der Waals surface area (Å²) in [6.07, 6.45) is 1.59. The van der Waals surface area contributed by atoms with Gasteiger partial charge in [-0.25, -0.2) is 9.29 Å². The lowest BCUT2D eigenvalue weighted by atomic mass is 9.83. The number of nitro benzene ring substituents is 1. The van der Waals surface area contributed by atoms with E-state index in [2.05, 4.69) is 5.10 Å². The van der Waals surface area contributed by atoms with Gasteiger partial charge in [0.05, 0.1) is 34.7 Å². The quantitative estimate of drug-likeness (QED) is 0.234. The van der Waals surface area contributed by atoms with Crippen molar-refractivity contribution in [2.45, 2.75) is 19.0 Å². The molecule has 37 heavy (non-hydrogen) atoms. The number of nitrogens with zero attached hydrogens (tertiary/aromatic N) is 4. The van der Waals surface area contributed by atoms with Crippen molar-refractivity contribution in [1.29, 1.82) is 0 Å². The van der Waals surface area contributed by atoms with Crippen LogP contribution in [-0.4, -0.2) is 39.8 Å². The van der Waals surface area contributed by atoms with Gasteiger partial charge >= 0.3 is 0 Å². The number of hydrazone groups is 1. The number of hydrogen-bond acceptors (Lipinski definition) is 7. The van der Waals surface area contributed by atoms with Gasteiger partial charge in [-0.15, -0.1) is 0 Å². The predicted molar refractivity (Wildman–Crippen MR) is 130 cm³/mol. The Balaban J connectivity index is 1.51. The van der Waals surface area contributed by atoms with Crippen molar-refractivity contribution in [3.63, 3.8) is 0 Å². The molecular weight excluding hydrogens is 479 g/mol. The van der Waals surface area contributed by atoms with Crippen molar-refractivity contribution < 1.29 is 23.7 Å². The molecule has 9 nitrogen and oxygen atoms in total. The molecule has 3 aliphatic heterocycles. The minimum Gasteiger partial charge on any atom is -0.292 e. The number of imide groups is 1.